The van der Waals surface area contributed by atoms with Crippen LogP contribution in [0.1, 0.15) is 5.69 Å². The molecule has 1 saturated heterocycles. The summed E-state index contributed by atoms with van der Waals surface area (Å²) in [5.74, 6) is 0.697. The summed E-state index contributed by atoms with van der Waals surface area (Å²) in [7, 11) is 0. The number of piperazine rings is 1. The number of nitrogens with one attached hydrogen (secondary N) is 1. The molecule has 0 aliphatic carbocycles. The molecule has 3 aliphatic rings. The SMILES string of the molecule is Cl.O=C(COc1ccc(-n2cccc2C2=NC=CC2=C2C=CC=N2)cc1)N1CCNCC1. The van der Waals surface area contributed by atoms with Crippen LogP contribution in [0.5, 0.6) is 5.75 Å². The zero-order valence-electron chi connectivity index (χ0n) is 17.5. The number of rotatable bonds is 5. The number of hydrogen-bond donors (Lipinski definition) is 1. The maximum atomic E-state index is 12.3. The molecular weight excluding hydrogens is 426 g/mol. The van der Waals surface area contributed by atoms with Gasteiger partial charge in [-0.25, -0.2) is 0 Å². The minimum absolute atomic E-state index is 0. The van der Waals surface area contributed by atoms with Crippen molar-refractivity contribution in [1.29, 1.82) is 0 Å². The quantitative estimate of drug-likeness (QED) is 0.763. The number of nitrogens with zero attached hydrogens (tertiary/aromatic N) is 4. The minimum Gasteiger partial charge on any atom is -0.484 e. The lowest BCUT2D eigenvalue weighted by atomic mass is 10.1. The molecule has 1 aromatic carbocycles. The van der Waals surface area contributed by atoms with Gasteiger partial charge in [0.05, 0.1) is 17.1 Å². The first-order valence-electron chi connectivity index (χ1n) is 10.4. The van der Waals surface area contributed by atoms with Gasteiger partial charge in [0.1, 0.15) is 5.75 Å². The molecule has 1 N–H and O–H groups in total. The number of hydrogen-bond acceptors (Lipinski definition) is 5. The molecule has 1 aromatic heterocycles. The van der Waals surface area contributed by atoms with Crippen LogP contribution in [-0.4, -0.2) is 60.1 Å². The van der Waals surface area contributed by atoms with Crippen LogP contribution in [0.2, 0.25) is 0 Å². The number of ether oxygens (including phenoxy) is 1. The van der Waals surface area contributed by atoms with Gasteiger partial charge >= 0.3 is 0 Å². The maximum absolute atomic E-state index is 12.3. The van der Waals surface area contributed by atoms with E-state index in [0.717, 1.165) is 54.5 Å². The van der Waals surface area contributed by atoms with Crippen LogP contribution >= 0.6 is 12.4 Å². The summed E-state index contributed by atoms with van der Waals surface area (Å²) < 4.78 is 7.81. The van der Waals surface area contributed by atoms with Gasteiger partial charge in [-0.1, -0.05) is 0 Å². The van der Waals surface area contributed by atoms with Crippen molar-refractivity contribution in [2.75, 3.05) is 32.8 Å². The molecule has 0 unspecified atom stereocenters. The monoisotopic (exact) mass is 449 g/mol. The molecule has 2 aromatic rings. The van der Waals surface area contributed by atoms with Gasteiger partial charge in [-0.3, -0.25) is 14.8 Å². The van der Waals surface area contributed by atoms with E-state index >= 15 is 0 Å². The molecule has 7 nitrogen and oxygen atoms in total. The van der Waals surface area contributed by atoms with Gasteiger partial charge in [-0.2, -0.15) is 0 Å². The second kappa shape index (κ2) is 9.80. The van der Waals surface area contributed by atoms with Crippen LogP contribution < -0.4 is 10.1 Å². The predicted octanol–water partition coefficient (Wildman–Crippen LogP) is 2.92. The summed E-state index contributed by atoms with van der Waals surface area (Å²) in [4.78, 5) is 23.1. The first-order valence-corrected chi connectivity index (χ1v) is 10.4. The number of carbonyl (C=O) groups excluding carboxylic acids is 1. The van der Waals surface area contributed by atoms with Crippen molar-refractivity contribution < 1.29 is 9.53 Å². The number of aliphatic imine (C=N–C) groups is 2. The molecule has 3 aliphatic heterocycles. The van der Waals surface area contributed by atoms with E-state index in [4.69, 9.17) is 4.74 Å². The van der Waals surface area contributed by atoms with E-state index in [2.05, 4.69) is 19.9 Å². The van der Waals surface area contributed by atoms with Crippen LogP contribution in [0.25, 0.3) is 5.69 Å². The molecule has 1 fully saturated rings. The average molecular weight is 450 g/mol. The molecule has 1 amide bonds. The first kappa shape index (κ1) is 21.8. The Labute approximate surface area is 192 Å². The summed E-state index contributed by atoms with van der Waals surface area (Å²) in [6.45, 7) is 3.19. The molecule has 5 rings (SSSR count). The van der Waals surface area contributed by atoms with Crippen LogP contribution in [0, 0.1) is 0 Å². The molecule has 0 atom stereocenters. The van der Waals surface area contributed by atoms with Gasteiger partial charge in [0.25, 0.3) is 5.91 Å². The zero-order chi connectivity index (χ0) is 21.0. The Morgan fingerprint density at radius 2 is 1.91 bits per heavy atom. The van der Waals surface area contributed by atoms with Gasteiger partial charge in [0.15, 0.2) is 6.61 Å². The van der Waals surface area contributed by atoms with Crippen LogP contribution in [0.15, 0.2) is 88.3 Å². The fraction of sp³-hybridized carbons (Fsp3) is 0.208. The highest BCUT2D eigenvalue weighted by atomic mass is 35.5. The highest BCUT2D eigenvalue weighted by molar-refractivity contribution is 6.16. The second-order valence-electron chi connectivity index (χ2n) is 7.41. The average Bonchev–Trinajstić information content (AvgIpc) is 3.59. The van der Waals surface area contributed by atoms with Crippen molar-refractivity contribution in [2.24, 2.45) is 9.98 Å². The van der Waals surface area contributed by atoms with E-state index in [0.29, 0.717) is 5.75 Å². The molecule has 0 radical (unpaired) electrons. The van der Waals surface area contributed by atoms with Crippen LogP contribution in [-0.2, 0) is 4.79 Å². The fourth-order valence-electron chi connectivity index (χ4n) is 3.86. The van der Waals surface area contributed by atoms with E-state index < -0.39 is 0 Å². The summed E-state index contributed by atoms with van der Waals surface area (Å²) in [5, 5.41) is 3.24. The summed E-state index contributed by atoms with van der Waals surface area (Å²) in [5.41, 5.74) is 4.80. The number of benzene rings is 1. The second-order valence-corrected chi connectivity index (χ2v) is 7.41. The lowest BCUT2D eigenvalue weighted by Gasteiger charge is -2.27. The molecule has 32 heavy (non-hydrogen) atoms. The molecule has 0 bridgehead atoms. The van der Waals surface area contributed by atoms with Gasteiger partial charge in [0.2, 0.25) is 0 Å². The van der Waals surface area contributed by atoms with Crippen molar-refractivity contribution in [3.63, 3.8) is 0 Å². The van der Waals surface area contributed by atoms with E-state index in [1.807, 2.05) is 71.9 Å². The van der Waals surface area contributed by atoms with Crippen molar-refractivity contribution in [2.45, 2.75) is 0 Å². The third-order valence-electron chi connectivity index (χ3n) is 5.47. The first-order chi connectivity index (χ1) is 15.3. The van der Waals surface area contributed by atoms with Crippen molar-refractivity contribution >= 4 is 30.2 Å². The fourth-order valence-corrected chi connectivity index (χ4v) is 3.86. The minimum atomic E-state index is 0. The number of aromatic nitrogens is 1. The largest absolute Gasteiger partial charge is 0.484 e. The number of halogens is 1. The molecular formula is C24H24ClN5O2. The lowest BCUT2D eigenvalue weighted by Crippen LogP contribution is -2.47. The number of allylic oxidation sites excluding steroid dienone is 4. The van der Waals surface area contributed by atoms with E-state index in [-0.39, 0.29) is 24.9 Å². The molecule has 0 saturated carbocycles. The molecule has 0 spiro atoms. The smallest absolute Gasteiger partial charge is 0.260 e. The highest BCUT2D eigenvalue weighted by Gasteiger charge is 2.20. The summed E-state index contributed by atoms with van der Waals surface area (Å²) in [6.07, 6.45) is 11.5. The van der Waals surface area contributed by atoms with Crippen molar-refractivity contribution in [1.82, 2.24) is 14.8 Å². The topological polar surface area (TPSA) is 71.2 Å². The standard InChI is InChI=1S/C24H23N5O2.ClH/c30-23(28-15-12-25-13-16-28)17-31-19-7-5-18(6-8-19)29-14-2-4-22(29)24-20(9-11-27-24)21-3-1-10-26-21;/h1-11,14,25H,12-13,15-17H2;1H. The highest BCUT2D eigenvalue weighted by Crippen LogP contribution is 2.26. The Balaban J connectivity index is 0.00000245. The third-order valence-corrected chi connectivity index (χ3v) is 5.47. The normalized spacial score (nSPS) is 19.2. The van der Waals surface area contributed by atoms with Gasteiger partial charge in [-0.15, -0.1) is 12.4 Å². The maximum Gasteiger partial charge on any atom is 0.260 e. The van der Waals surface area contributed by atoms with E-state index in [9.17, 15) is 4.79 Å². The zero-order valence-corrected chi connectivity index (χ0v) is 18.3. The Bertz CT molecular complexity index is 1120. The van der Waals surface area contributed by atoms with Crippen LogP contribution in [0.3, 0.4) is 0 Å². The Morgan fingerprint density at radius 1 is 1.09 bits per heavy atom. The van der Waals surface area contributed by atoms with Crippen LogP contribution in [0.4, 0.5) is 0 Å². The molecule has 8 heteroatoms. The lowest BCUT2D eigenvalue weighted by molar-refractivity contribution is -0.133. The van der Waals surface area contributed by atoms with Gasteiger partial charge in [0, 0.05) is 56.1 Å². The molecule has 4 heterocycles. The summed E-state index contributed by atoms with van der Waals surface area (Å²) in [6, 6.07) is 11.8. The Hall–Kier alpha value is -3.42. The third kappa shape index (κ3) is 4.44. The van der Waals surface area contributed by atoms with Crippen molar-refractivity contribution in [3.8, 4) is 11.4 Å². The molecule has 164 valence electrons. The van der Waals surface area contributed by atoms with Gasteiger partial charge in [-0.05, 0) is 54.6 Å². The van der Waals surface area contributed by atoms with E-state index in [1.165, 1.54) is 0 Å². The predicted molar refractivity (Wildman–Crippen MR) is 128 cm³/mol. The summed E-state index contributed by atoms with van der Waals surface area (Å²) >= 11 is 0. The number of carbonyl (C=O) groups is 1. The van der Waals surface area contributed by atoms with Crippen molar-refractivity contribution in [3.05, 3.63) is 84.0 Å². The Kier molecular flexibility index (Phi) is 6.68. The van der Waals surface area contributed by atoms with E-state index in [1.54, 1.807) is 6.21 Å². The Morgan fingerprint density at radius 3 is 2.66 bits per heavy atom. The number of amides is 1. The van der Waals surface area contributed by atoms with Gasteiger partial charge < -0.3 is 19.5 Å².